The molecule has 9 heteroatoms. The van der Waals surface area contributed by atoms with E-state index < -0.39 is 10.0 Å². The normalized spacial score (nSPS) is 17.1. The van der Waals surface area contributed by atoms with Crippen molar-refractivity contribution in [3.05, 3.63) is 65.1 Å². The van der Waals surface area contributed by atoms with Gasteiger partial charge in [-0.1, -0.05) is 30.3 Å². The highest BCUT2D eigenvalue weighted by Gasteiger charge is 2.34. The molecule has 0 bridgehead atoms. The van der Waals surface area contributed by atoms with Crippen LogP contribution in [0.4, 0.5) is 0 Å². The molecule has 3 rings (SSSR count). The van der Waals surface area contributed by atoms with Gasteiger partial charge in [-0.05, 0) is 54.1 Å². The van der Waals surface area contributed by atoms with Crippen molar-refractivity contribution in [3.63, 3.8) is 0 Å². The Morgan fingerprint density at radius 3 is 2.40 bits per heavy atom. The molecular weight excluding hydrogens is 424 g/mol. The number of rotatable bonds is 8. The number of thioether (sulfide) groups is 1. The molecule has 7 nitrogen and oxygen atoms in total. The zero-order valence-electron chi connectivity index (χ0n) is 16.6. The molecule has 0 aromatic heterocycles. The van der Waals surface area contributed by atoms with Crippen molar-refractivity contribution in [2.24, 2.45) is 4.40 Å². The summed E-state index contributed by atoms with van der Waals surface area (Å²) in [5.74, 6) is 0.425. The number of ether oxygens (including phenoxy) is 2. The predicted molar refractivity (Wildman–Crippen MR) is 118 cm³/mol. The minimum Gasteiger partial charge on any atom is -0.497 e. The minimum atomic E-state index is -3.94. The number of carbonyl (C=O) groups is 1. The van der Waals surface area contributed by atoms with Gasteiger partial charge in [-0.3, -0.25) is 9.69 Å². The lowest BCUT2D eigenvalue weighted by Crippen LogP contribution is -2.31. The lowest BCUT2D eigenvalue weighted by Gasteiger charge is -2.15. The fraction of sp³-hybridized carbons (Fsp3) is 0.238. The Balaban J connectivity index is 1.93. The monoisotopic (exact) mass is 446 g/mol. The molecule has 1 amide bonds. The molecule has 0 aliphatic carbocycles. The maximum Gasteiger partial charge on any atom is 0.284 e. The number of amidine groups is 1. The van der Waals surface area contributed by atoms with Crippen molar-refractivity contribution in [2.75, 3.05) is 27.4 Å². The Morgan fingerprint density at radius 2 is 1.77 bits per heavy atom. The van der Waals surface area contributed by atoms with Gasteiger partial charge < -0.3 is 9.47 Å². The van der Waals surface area contributed by atoms with Crippen molar-refractivity contribution in [1.29, 1.82) is 0 Å². The Kier molecular flexibility index (Phi) is 7.30. The van der Waals surface area contributed by atoms with E-state index in [0.717, 1.165) is 17.3 Å². The third-order valence-corrected chi connectivity index (χ3v) is 6.67. The molecule has 1 heterocycles. The summed E-state index contributed by atoms with van der Waals surface area (Å²) >= 11 is 1.05. The topological polar surface area (TPSA) is 85.3 Å². The maximum absolute atomic E-state index is 13.0. The van der Waals surface area contributed by atoms with E-state index in [2.05, 4.69) is 4.40 Å². The molecule has 158 valence electrons. The Bertz CT molecular complexity index is 1050. The summed E-state index contributed by atoms with van der Waals surface area (Å²) < 4.78 is 39.6. The van der Waals surface area contributed by atoms with Crippen LogP contribution in [0.25, 0.3) is 6.08 Å². The van der Waals surface area contributed by atoms with E-state index in [1.807, 2.05) is 12.1 Å². The number of methoxy groups -OCH3 is 2. The second-order valence-corrected chi connectivity index (χ2v) is 8.96. The fourth-order valence-corrected chi connectivity index (χ4v) is 4.97. The Morgan fingerprint density at radius 1 is 1.07 bits per heavy atom. The summed E-state index contributed by atoms with van der Waals surface area (Å²) in [5, 5.41) is 0.139. The molecule has 0 atom stereocenters. The average molecular weight is 447 g/mol. The van der Waals surface area contributed by atoms with Gasteiger partial charge in [0.15, 0.2) is 5.17 Å². The largest absolute Gasteiger partial charge is 0.497 e. The zero-order chi connectivity index (χ0) is 21.6. The van der Waals surface area contributed by atoms with Gasteiger partial charge in [-0.2, -0.15) is 8.42 Å². The molecule has 0 spiro atoms. The standard InChI is InChI=1S/C21H22N2O5S2/c1-27-14-6-13-23-20(24)19(15-16-9-11-17(28-2)12-10-16)29-21(23)22-30(25,26)18-7-4-3-5-8-18/h3-5,7-12,15H,6,13-14H2,1-2H3/b19-15-,22-21-. The number of hydrogen-bond donors (Lipinski definition) is 0. The van der Waals surface area contributed by atoms with E-state index in [1.165, 1.54) is 17.0 Å². The quantitative estimate of drug-likeness (QED) is 0.456. The van der Waals surface area contributed by atoms with Gasteiger partial charge in [0.1, 0.15) is 5.75 Å². The molecule has 1 fully saturated rings. The first-order valence-electron chi connectivity index (χ1n) is 9.19. The van der Waals surface area contributed by atoms with Gasteiger partial charge in [-0.15, -0.1) is 4.40 Å². The van der Waals surface area contributed by atoms with Crippen LogP contribution in [-0.4, -0.2) is 51.8 Å². The fourth-order valence-electron chi connectivity index (χ4n) is 2.74. The summed E-state index contributed by atoms with van der Waals surface area (Å²) in [6, 6.07) is 15.2. The molecule has 0 unspecified atom stereocenters. The lowest BCUT2D eigenvalue weighted by atomic mass is 10.2. The van der Waals surface area contributed by atoms with E-state index in [-0.39, 0.29) is 16.0 Å². The Labute approximate surface area is 180 Å². The van der Waals surface area contributed by atoms with Gasteiger partial charge in [0.25, 0.3) is 15.9 Å². The molecule has 1 aliphatic heterocycles. The molecule has 2 aromatic carbocycles. The summed E-state index contributed by atoms with van der Waals surface area (Å²) in [6.45, 7) is 0.757. The smallest absolute Gasteiger partial charge is 0.284 e. The van der Waals surface area contributed by atoms with Crippen LogP contribution in [0, 0.1) is 0 Å². The van der Waals surface area contributed by atoms with E-state index in [9.17, 15) is 13.2 Å². The summed E-state index contributed by atoms with van der Waals surface area (Å²) in [7, 11) is -0.783. The first-order valence-corrected chi connectivity index (χ1v) is 11.4. The molecular formula is C21H22N2O5S2. The second kappa shape index (κ2) is 9.92. The summed E-state index contributed by atoms with van der Waals surface area (Å²) in [6.07, 6.45) is 2.27. The van der Waals surface area contributed by atoms with Crippen molar-refractivity contribution >= 4 is 38.9 Å². The average Bonchev–Trinajstić information content (AvgIpc) is 3.03. The number of nitrogens with zero attached hydrogens (tertiary/aromatic N) is 2. The zero-order valence-corrected chi connectivity index (χ0v) is 18.3. The highest BCUT2D eigenvalue weighted by molar-refractivity contribution is 8.19. The second-order valence-electron chi connectivity index (χ2n) is 6.35. The van der Waals surface area contributed by atoms with Crippen molar-refractivity contribution < 1.29 is 22.7 Å². The van der Waals surface area contributed by atoms with Gasteiger partial charge in [-0.25, -0.2) is 0 Å². The van der Waals surface area contributed by atoms with Crippen LogP contribution < -0.4 is 4.74 Å². The SMILES string of the molecule is COCCCN1C(=O)/C(=C/c2ccc(OC)cc2)S/C1=N\S(=O)(=O)c1ccccc1. The molecule has 0 radical (unpaired) electrons. The van der Waals surface area contributed by atoms with Crippen molar-refractivity contribution in [2.45, 2.75) is 11.3 Å². The number of amides is 1. The summed E-state index contributed by atoms with van der Waals surface area (Å²) in [5.41, 5.74) is 0.802. The van der Waals surface area contributed by atoms with Gasteiger partial charge in [0.2, 0.25) is 0 Å². The van der Waals surface area contributed by atoms with E-state index >= 15 is 0 Å². The molecule has 0 saturated carbocycles. The molecule has 30 heavy (non-hydrogen) atoms. The highest BCUT2D eigenvalue weighted by Crippen LogP contribution is 2.34. The van der Waals surface area contributed by atoms with Crippen LogP contribution in [0.15, 0.2) is 68.8 Å². The maximum atomic E-state index is 13.0. The number of benzene rings is 2. The number of carbonyl (C=O) groups excluding carboxylic acids is 1. The van der Waals surface area contributed by atoms with Crippen molar-refractivity contribution in [1.82, 2.24) is 4.90 Å². The number of hydrogen-bond acceptors (Lipinski definition) is 6. The summed E-state index contributed by atoms with van der Waals surface area (Å²) in [4.78, 5) is 14.8. The highest BCUT2D eigenvalue weighted by atomic mass is 32.2. The molecule has 1 saturated heterocycles. The van der Waals surface area contributed by atoms with Crippen LogP contribution in [0.3, 0.4) is 0 Å². The lowest BCUT2D eigenvalue weighted by molar-refractivity contribution is -0.122. The molecule has 1 aliphatic rings. The van der Waals surface area contributed by atoms with Gasteiger partial charge in [0.05, 0.1) is 16.9 Å². The first kappa shape index (κ1) is 22.1. The van der Waals surface area contributed by atoms with E-state index in [4.69, 9.17) is 9.47 Å². The van der Waals surface area contributed by atoms with Crippen LogP contribution in [0.2, 0.25) is 0 Å². The van der Waals surface area contributed by atoms with Gasteiger partial charge >= 0.3 is 0 Å². The van der Waals surface area contributed by atoms with Crippen molar-refractivity contribution in [3.8, 4) is 5.75 Å². The third kappa shape index (κ3) is 5.29. The third-order valence-electron chi connectivity index (χ3n) is 4.27. The number of sulfonamides is 1. The van der Waals surface area contributed by atoms with E-state index in [1.54, 1.807) is 50.6 Å². The van der Waals surface area contributed by atoms with Crippen LogP contribution in [0.1, 0.15) is 12.0 Å². The van der Waals surface area contributed by atoms with Crippen LogP contribution in [-0.2, 0) is 19.6 Å². The predicted octanol–water partition coefficient (Wildman–Crippen LogP) is 3.39. The Hall–Kier alpha value is -2.62. The van der Waals surface area contributed by atoms with E-state index in [0.29, 0.717) is 30.2 Å². The molecule has 2 aromatic rings. The molecule has 0 N–H and O–H groups in total. The van der Waals surface area contributed by atoms with Gasteiger partial charge in [0, 0.05) is 20.3 Å². The van der Waals surface area contributed by atoms with Crippen LogP contribution >= 0.6 is 11.8 Å². The minimum absolute atomic E-state index is 0.0787. The first-order chi connectivity index (χ1) is 14.4. The van der Waals surface area contributed by atoms with Crippen LogP contribution in [0.5, 0.6) is 5.75 Å².